The summed E-state index contributed by atoms with van der Waals surface area (Å²) in [5.74, 6) is -0.678. The van der Waals surface area contributed by atoms with Crippen LogP contribution < -0.4 is 5.63 Å². The third-order valence-electron chi connectivity index (χ3n) is 3.74. The van der Waals surface area contributed by atoms with Gasteiger partial charge in [-0.25, -0.2) is 4.79 Å². The van der Waals surface area contributed by atoms with Gasteiger partial charge in [0.25, 0.3) is 5.91 Å². The first-order valence-corrected chi connectivity index (χ1v) is 6.55. The summed E-state index contributed by atoms with van der Waals surface area (Å²) in [6.45, 7) is 6.14. The van der Waals surface area contributed by atoms with Crippen molar-refractivity contribution in [2.45, 2.75) is 19.6 Å². The van der Waals surface area contributed by atoms with Crippen LogP contribution in [0.25, 0.3) is 0 Å². The molecule has 2 aliphatic rings. The lowest BCUT2D eigenvalue weighted by molar-refractivity contribution is -0.301. The molecule has 0 atom stereocenters. The van der Waals surface area contributed by atoms with E-state index in [9.17, 15) is 9.59 Å². The van der Waals surface area contributed by atoms with Crippen LogP contribution in [0.4, 0.5) is 0 Å². The second kappa shape index (κ2) is 4.43. The number of carbonyl (C=O) groups excluding carboxylic acids is 1. The van der Waals surface area contributed by atoms with E-state index in [0.29, 0.717) is 31.9 Å². The maximum Gasteiger partial charge on any atom is 0.335 e. The molecule has 2 fully saturated rings. The molecule has 3 heterocycles. The highest BCUT2D eigenvalue weighted by Gasteiger charge is 2.50. The Hall–Kier alpha value is -1.66. The molecule has 0 saturated carbocycles. The summed E-state index contributed by atoms with van der Waals surface area (Å²) < 4.78 is 16.0. The van der Waals surface area contributed by atoms with Gasteiger partial charge in [0.15, 0.2) is 5.79 Å². The van der Waals surface area contributed by atoms with E-state index >= 15 is 0 Å². The molecule has 1 spiro atoms. The predicted octanol–water partition coefficient (Wildman–Crippen LogP) is 0.865. The molecule has 2 saturated heterocycles. The molecule has 1 amide bonds. The third-order valence-corrected chi connectivity index (χ3v) is 3.74. The van der Waals surface area contributed by atoms with Gasteiger partial charge in [0.2, 0.25) is 0 Å². The zero-order chi connectivity index (χ0) is 14.4. The molecule has 2 aliphatic heterocycles. The minimum atomic E-state index is -0.543. The number of likely N-dealkylation sites (tertiary alicyclic amines) is 1. The molecule has 20 heavy (non-hydrogen) atoms. The Kier molecular flexibility index (Phi) is 2.95. The van der Waals surface area contributed by atoms with E-state index in [0.717, 1.165) is 0 Å². The molecule has 1 aromatic heterocycles. The van der Waals surface area contributed by atoms with Crippen molar-refractivity contribution in [2.75, 3.05) is 26.3 Å². The molecule has 6 nitrogen and oxygen atoms in total. The smallest absolute Gasteiger partial charge is 0.335 e. The molecule has 0 radical (unpaired) electrons. The first-order chi connectivity index (χ1) is 9.39. The minimum absolute atomic E-state index is 0.0964. The van der Waals surface area contributed by atoms with Crippen molar-refractivity contribution in [3.05, 3.63) is 34.4 Å². The monoisotopic (exact) mass is 279 g/mol. The van der Waals surface area contributed by atoms with E-state index in [1.807, 2.05) is 13.8 Å². The summed E-state index contributed by atoms with van der Waals surface area (Å²) in [4.78, 5) is 24.8. The molecule has 0 N–H and O–H groups in total. The standard InChI is InChI=1S/C14H17NO5/c1-13(2)19-8-14(9-20-13)6-15(7-14)12(17)10-3-4-11(16)18-5-10/h3-5H,6-9H2,1-2H3. The highest BCUT2D eigenvalue weighted by molar-refractivity contribution is 5.94. The van der Waals surface area contributed by atoms with Crippen LogP contribution >= 0.6 is 0 Å². The van der Waals surface area contributed by atoms with Crippen LogP contribution in [0.15, 0.2) is 27.6 Å². The van der Waals surface area contributed by atoms with Crippen LogP contribution in [0.2, 0.25) is 0 Å². The Labute approximate surface area is 116 Å². The molecule has 6 heteroatoms. The fourth-order valence-corrected chi connectivity index (χ4v) is 2.49. The number of hydrogen-bond acceptors (Lipinski definition) is 5. The molecule has 3 rings (SSSR count). The first kappa shape index (κ1) is 13.3. The summed E-state index contributed by atoms with van der Waals surface area (Å²) in [7, 11) is 0. The number of hydrogen-bond donors (Lipinski definition) is 0. The van der Waals surface area contributed by atoms with Crippen molar-refractivity contribution in [2.24, 2.45) is 5.41 Å². The Morgan fingerprint density at radius 1 is 1.20 bits per heavy atom. The van der Waals surface area contributed by atoms with E-state index < -0.39 is 11.4 Å². The average molecular weight is 279 g/mol. The highest BCUT2D eigenvalue weighted by Crippen LogP contribution is 2.38. The maximum atomic E-state index is 12.2. The number of rotatable bonds is 1. The summed E-state index contributed by atoms with van der Waals surface area (Å²) >= 11 is 0. The second-order valence-electron chi connectivity index (χ2n) is 5.98. The summed E-state index contributed by atoms with van der Waals surface area (Å²) in [6.07, 6.45) is 1.20. The van der Waals surface area contributed by atoms with Crippen LogP contribution in [0.3, 0.4) is 0 Å². The van der Waals surface area contributed by atoms with Gasteiger partial charge >= 0.3 is 5.63 Å². The topological polar surface area (TPSA) is 69.0 Å². The van der Waals surface area contributed by atoms with E-state index in [4.69, 9.17) is 13.9 Å². The third kappa shape index (κ3) is 2.36. The van der Waals surface area contributed by atoms with E-state index in [2.05, 4.69) is 0 Å². The maximum absolute atomic E-state index is 12.2. The Morgan fingerprint density at radius 3 is 2.40 bits per heavy atom. The fraction of sp³-hybridized carbons (Fsp3) is 0.571. The van der Waals surface area contributed by atoms with Gasteiger partial charge in [-0.2, -0.15) is 0 Å². The van der Waals surface area contributed by atoms with Gasteiger partial charge in [0.05, 0.1) is 24.2 Å². The second-order valence-corrected chi connectivity index (χ2v) is 5.98. The lowest BCUT2D eigenvalue weighted by Crippen LogP contribution is -2.65. The highest BCUT2D eigenvalue weighted by atomic mass is 16.7. The molecule has 1 aromatic rings. The predicted molar refractivity (Wildman–Crippen MR) is 69.3 cm³/mol. The molecular formula is C14H17NO5. The molecule has 0 unspecified atom stereocenters. The van der Waals surface area contributed by atoms with Crippen molar-refractivity contribution in [3.63, 3.8) is 0 Å². The molecule has 0 aromatic carbocycles. The van der Waals surface area contributed by atoms with E-state index in [-0.39, 0.29) is 11.3 Å². The Balaban J connectivity index is 1.62. The molecular weight excluding hydrogens is 262 g/mol. The summed E-state index contributed by atoms with van der Waals surface area (Å²) in [6, 6.07) is 2.73. The zero-order valence-corrected chi connectivity index (χ0v) is 11.5. The first-order valence-electron chi connectivity index (χ1n) is 6.55. The number of amides is 1. The Morgan fingerprint density at radius 2 is 1.85 bits per heavy atom. The summed E-state index contributed by atoms with van der Waals surface area (Å²) in [5.41, 5.74) is -0.170. The van der Waals surface area contributed by atoms with Gasteiger partial charge in [-0.05, 0) is 19.9 Å². The number of nitrogens with zero attached hydrogens (tertiary/aromatic N) is 1. The largest absolute Gasteiger partial charge is 0.430 e. The summed E-state index contributed by atoms with van der Waals surface area (Å²) in [5, 5.41) is 0. The minimum Gasteiger partial charge on any atom is -0.430 e. The van der Waals surface area contributed by atoms with Crippen molar-refractivity contribution in [3.8, 4) is 0 Å². The van der Waals surface area contributed by atoms with Crippen molar-refractivity contribution in [1.29, 1.82) is 0 Å². The van der Waals surface area contributed by atoms with Gasteiger partial charge in [-0.3, -0.25) is 4.79 Å². The normalized spacial score (nSPS) is 23.4. The lowest BCUT2D eigenvalue weighted by atomic mass is 9.80. The van der Waals surface area contributed by atoms with Crippen LogP contribution in [-0.4, -0.2) is 42.9 Å². The van der Waals surface area contributed by atoms with Crippen molar-refractivity contribution in [1.82, 2.24) is 4.90 Å². The van der Waals surface area contributed by atoms with E-state index in [1.165, 1.54) is 18.4 Å². The van der Waals surface area contributed by atoms with Gasteiger partial charge in [0, 0.05) is 19.2 Å². The van der Waals surface area contributed by atoms with Crippen molar-refractivity contribution < 1.29 is 18.7 Å². The van der Waals surface area contributed by atoms with Crippen LogP contribution in [0.5, 0.6) is 0 Å². The Bertz CT molecular complexity index is 553. The number of ether oxygens (including phenoxy) is 2. The van der Waals surface area contributed by atoms with Crippen molar-refractivity contribution >= 4 is 5.91 Å². The molecule has 0 aliphatic carbocycles. The van der Waals surface area contributed by atoms with Gasteiger partial charge in [-0.1, -0.05) is 0 Å². The van der Waals surface area contributed by atoms with Crippen LogP contribution in [0.1, 0.15) is 24.2 Å². The number of carbonyl (C=O) groups is 1. The lowest BCUT2D eigenvalue weighted by Gasteiger charge is -2.53. The quantitative estimate of drug-likeness (QED) is 0.762. The van der Waals surface area contributed by atoms with Gasteiger partial charge in [0.1, 0.15) is 6.26 Å². The zero-order valence-electron chi connectivity index (χ0n) is 11.5. The van der Waals surface area contributed by atoms with Crippen LogP contribution in [-0.2, 0) is 9.47 Å². The van der Waals surface area contributed by atoms with E-state index in [1.54, 1.807) is 4.90 Å². The molecule has 0 bridgehead atoms. The van der Waals surface area contributed by atoms with Gasteiger partial charge in [-0.15, -0.1) is 0 Å². The SMILES string of the molecule is CC1(C)OCC2(CO1)CN(C(=O)c1ccc(=O)oc1)C2. The fourth-order valence-electron chi connectivity index (χ4n) is 2.49. The van der Waals surface area contributed by atoms with Gasteiger partial charge < -0.3 is 18.8 Å². The average Bonchev–Trinajstić information content (AvgIpc) is 2.37. The van der Waals surface area contributed by atoms with Crippen LogP contribution in [0, 0.1) is 5.41 Å². The molecule has 108 valence electrons.